The third kappa shape index (κ3) is 1.93. The van der Waals surface area contributed by atoms with Crippen molar-refractivity contribution >= 4 is 12.0 Å². The smallest absolute Gasteiger partial charge is 0.0924 e. The molecule has 4 nitrogen and oxygen atoms in total. The summed E-state index contributed by atoms with van der Waals surface area (Å²) in [5.74, 6) is 0. The van der Waals surface area contributed by atoms with E-state index in [1.54, 1.807) is 6.33 Å². The van der Waals surface area contributed by atoms with E-state index in [4.69, 9.17) is 5.41 Å². The van der Waals surface area contributed by atoms with E-state index in [1.165, 1.54) is 19.2 Å². The lowest BCUT2D eigenvalue weighted by Crippen LogP contribution is -2.22. The molecule has 2 aromatic rings. The van der Waals surface area contributed by atoms with Crippen LogP contribution in [0.1, 0.15) is 12.8 Å². The summed E-state index contributed by atoms with van der Waals surface area (Å²) in [5, 5.41) is 7.45. The van der Waals surface area contributed by atoms with Crippen LogP contribution >= 0.6 is 0 Å². The summed E-state index contributed by atoms with van der Waals surface area (Å²) < 4.78 is 0. The zero-order valence-electron chi connectivity index (χ0n) is 9.43. The highest BCUT2D eigenvalue weighted by atomic mass is 15.2. The first-order chi connectivity index (χ1) is 8.38. The topological polar surface area (TPSA) is 55.8 Å². The molecule has 0 unspecified atom stereocenters. The predicted molar refractivity (Wildman–Crippen MR) is 68.3 cm³/mol. The minimum atomic E-state index is 0.533. The molecule has 0 radical (unpaired) electrons. The number of hydrogen-bond acceptors (Lipinski definition) is 2. The van der Waals surface area contributed by atoms with Gasteiger partial charge in [-0.2, -0.15) is 0 Å². The Morgan fingerprint density at radius 3 is 2.59 bits per heavy atom. The number of hydrogen-bond donors (Lipinski definition) is 2. The summed E-state index contributed by atoms with van der Waals surface area (Å²) >= 11 is 0. The minimum Gasteiger partial charge on any atom is -0.345 e. The molecule has 1 aliphatic carbocycles. The summed E-state index contributed by atoms with van der Waals surface area (Å²) in [6, 6.07) is 8.76. The maximum absolute atomic E-state index is 7.45. The third-order valence-corrected chi connectivity index (χ3v) is 3.05. The quantitative estimate of drug-likeness (QED) is 0.622. The molecule has 1 aromatic heterocycles. The van der Waals surface area contributed by atoms with Crippen molar-refractivity contribution in [2.24, 2.45) is 0 Å². The number of rotatable bonds is 4. The molecule has 0 aliphatic heterocycles. The zero-order chi connectivity index (χ0) is 11.7. The molecule has 0 amide bonds. The van der Waals surface area contributed by atoms with Crippen LogP contribution in [0.2, 0.25) is 0 Å². The van der Waals surface area contributed by atoms with Gasteiger partial charge in [0.05, 0.1) is 24.6 Å². The first kappa shape index (κ1) is 10.1. The van der Waals surface area contributed by atoms with E-state index in [1.807, 2.05) is 11.1 Å². The summed E-state index contributed by atoms with van der Waals surface area (Å²) in [4.78, 5) is 9.11. The minimum absolute atomic E-state index is 0.533. The van der Waals surface area contributed by atoms with Crippen molar-refractivity contribution in [3.8, 4) is 11.3 Å². The van der Waals surface area contributed by atoms with E-state index in [2.05, 4.69) is 34.2 Å². The summed E-state index contributed by atoms with van der Waals surface area (Å²) in [6.45, 7) is 0. The molecule has 86 valence electrons. The van der Waals surface area contributed by atoms with Gasteiger partial charge in [0.25, 0.3) is 0 Å². The Kier molecular flexibility index (Phi) is 2.40. The Morgan fingerprint density at radius 1 is 1.29 bits per heavy atom. The van der Waals surface area contributed by atoms with Crippen LogP contribution in [-0.2, 0) is 0 Å². The van der Waals surface area contributed by atoms with Gasteiger partial charge >= 0.3 is 0 Å². The van der Waals surface area contributed by atoms with E-state index in [0.29, 0.717) is 6.04 Å². The average molecular weight is 226 g/mol. The van der Waals surface area contributed by atoms with E-state index < -0.39 is 0 Å². The molecule has 0 bridgehead atoms. The van der Waals surface area contributed by atoms with Gasteiger partial charge in [0, 0.05) is 11.7 Å². The summed E-state index contributed by atoms with van der Waals surface area (Å²) in [6.07, 6.45) is 7.29. The van der Waals surface area contributed by atoms with Crippen LogP contribution in [0.15, 0.2) is 36.8 Å². The fourth-order valence-corrected chi connectivity index (χ4v) is 1.97. The highest BCUT2D eigenvalue weighted by Crippen LogP contribution is 2.31. The van der Waals surface area contributed by atoms with Crippen molar-refractivity contribution in [1.82, 2.24) is 9.97 Å². The fraction of sp³-hybridized carbons (Fsp3) is 0.231. The third-order valence-electron chi connectivity index (χ3n) is 3.05. The Bertz CT molecular complexity index is 497. The number of imidazole rings is 1. The molecule has 1 aromatic carbocycles. The predicted octanol–water partition coefficient (Wildman–Crippen LogP) is 2.65. The summed E-state index contributed by atoms with van der Waals surface area (Å²) in [5.41, 5.74) is 3.22. The summed E-state index contributed by atoms with van der Waals surface area (Å²) in [7, 11) is 0. The number of nitrogens with zero attached hydrogens (tertiary/aromatic N) is 2. The van der Waals surface area contributed by atoms with Crippen LogP contribution in [0.4, 0.5) is 5.69 Å². The van der Waals surface area contributed by atoms with Gasteiger partial charge in [-0.3, -0.25) is 5.41 Å². The Hall–Kier alpha value is -2.10. The van der Waals surface area contributed by atoms with Crippen molar-refractivity contribution < 1.29 is 0 Å². The molecule has 1 fully saturated rings. The van der Waals surface area contributed by atoms with Crippen molar-refractivity contribution in [3.63, 3.8) is 0 Å². The van der Waals surface area contributed by atoms with Gasteiger partial charge in [-0.15, -0.1) is 0 Å². The first-order valence-corrected chi connectivity index (χ1v) is 5.76. The standard InChI is InChI=1S/C13H14N4/c14-8-17(12-5-6-12)11-3-1-10(2-4-11)13-7-15-9-16-13/h1-4,7-9,12,14H,5-6H2,(H,15,16). The van der Waals surface area contributed by atoms with Crippen LogP contribution in [0.3, 0.4) is 0 Å². The van der Waals surface area contributed by atoms with Gasteiger partial charge in [0.15, 0.2) is 0 Å². The molecule has 0 saturated heterocycles. The number of nitrogens with one attached hydrogen (secondary N) is 2. The van der Waals surface area contributed by atoms with E-state index in [-0.39, 0.29) is 0 Å². The van der Waals surface area contributed by atoms with E-state index in [9.17, 15) is 0 Å². The zero-order valence-corrected chi connectivity index (χ0v) is 9.43. The maximum Gasteiger partial charge on any atom is 0.0924 e. The van der Waals surface area contributed by atoms with Crippen LogP contribution in [0.5, 0.6) is 0 Å². The second kappa shape index (κ2) is 4.05. The molecule has 1 aliphatic rings. The molecule has 3 rings (SSSR count). The lowest BCUT2D eigenvalue weighted by atomic mass is 10.1. The van der Waals surface area contributed by atoms with Gasteiger partial charge in [-0.25, -0.2) is 4.98 Å². The van der Waals surface area contributed by atoms with Crippen molar-refractivity contribution in [1.29, 1.82) is 5.41 Å². The Labute approximate surface area is 99.8 Å². The number of aromatic amines is 1. The number of benzene rings is 1. The van der Waals surface area contributed by atoms with Crippen LogP contribution in [0.25, 0.3) is 11.3 Å². The molecule has 0 atom stereocenters. The maximum atomic E-state index is 7.45. The van der Waals surface area contributed by atoms with Gasteiger partial charge in [-0.05, 0) is 30.5 Å². The highest BCUT2D eigenvalue weighted by Gasteiger charge is 2.27. The van der Waals surface area contributed by atoms with E-state index >= 15 is 0 Å². The van der Waals surface area contributed by atoms with Gasteiger partial charge < -0.3 is 9.88 Å². The second-order valence-corrected chi connectivity index (χ2v) is 4.28. The monoisotopic (exact) mass is 226 g/mol. The largest absolute Gasteiger partial charge is 0.345 e. The van der Waals surface area contributed by atoms with Crippen LogP contribution in [-0.4, -0.2) is 22.3 Å². The Balaban J connectivity index is 1.86. The van der Waals surface area contributed by atoms with Crippen LogP contribution in [0, 0.1) is 5.41 Å². The number of H-pyrrole nitrogens is 1. The van der Waals surface area contributed by atoms with Crippen molar-refractivity contribution in [3.05, 3.63) is 36.8 Å². The Morgan fingerprint density at radius 2 is 2.06 bits per heavy atom. The van der Waals surface area contributed by atoms with Gasteiger partial charge in [-0.1, -0.05) is 12.1 Å². The molecular weight excluding hydrogens is 212 g/mol. The molecule has 0 spiro atoms. The molecule has 1 heterocycles. The molecule has 1 saturated carbocycles. The fourth-order valence-electron chi connectivity index (χ4n) is 1.97. The second-order valence-electron chi connectivity index (χ2n) is 4.28. The molecule has 4 heteroatoms. The lowest BCUT2D eigenvalue weighted by Gasteiger charge is -2.18. The molecule has 17 heavy (non-hydrogen) atoms. The number of aromatic nitrogens is 2. The first-order valence-electron chi connectivity index (χ1n) is 5.76. The molecular formula is C13H14N4. The number of anilines is 1. The average Bonchev–Trinajstić information content (AvgIpc) is 3.05. The normalized spacial score (nSPS) is 14.6. The van der Waals surface area contributed by atoms with Crippen molar-refractivity contribution in [2.45, 2.75) is 18.9 Å². The van der Waals surface area contributed by atoms with Gasteiger partial charge in [0.2, 0.25) is 0 Å². The van der Waals surface area contributed by atoms with Crippen LogP contribution < -0.4 is 4.90 Å². The van der Waals surface area contributed by atoms with E-state index in [0.717, 1.165) is 16.9 Å². The highest BCUT2D eigenvalue weighted by molar-refractivity contribution is 5.79. The SMILES string of the molecule is N=CN(c1ccc(-c2cnc[nH]2)cc1)C1CC1. The van der Waals surface area contributed by atoms with Gasteiger partial charge in [0.1, 0.15) is 0 Å². The molecule has 2 N–H and O–H groups in total. The lowest BCUT2D eigenvalue weighted by molar-refractivity contribution is 1.01. The van der Waals surface area contributed by atoms with Crippen molar-refractivity contribution in [2.75, 3.05) is 4.90 Å².